The lowest BCUT2D eigenvalue weighted by molar-refractivity contribution is -0.133. The molecule has 0 saturated carbocycles. The molecule has 0 unspecified atom stereocenters. The Labute approximate surface area is 105 Å². The Morgan fingerprint density at radius 2 is 1.76 bits per heavy atom. The first kappa shape index (κ1) is 14.5. The molecule has 1 aliphatic heterocycles. The fraction of sp³-hybridized carbons (Fsp3) is 0.923. The summed E-state index contributed by atoms with van der Waals surface area (Å²) >= 11 is 0. The maximum absolute atomic E-state index is 12.1. The van der Waals surface area contributed by atoms with E-state index < -0.39 is 0 Å². The molecule has 0 spiro atoms. The van der Waals surface area contributed by atoms with Gasteiger partial charge in [-0.25, -0.2) is 0 Å². The van der Waals surface area contributed by atoms with Gasteiger partial charge in [-0.1, -0.05) is 13.8 Å². The van der Waals surface area contributed by atoms with E-state index >= 15 is 0 Å². The summed E-state index contributed by atoms with van der Waals surface area (Å²) in [6.45, 7) is 8.62. The molecule has 1 rings (SSSR count). The molecule has 0 atom stereocenters. The van der Waals surface area contributed by atoms with E-state index in [0.29, 0.717) is 12.6 Å². The van der Waals surface area contributed by atoms with Crippen LogP contribution in [0.1, 0.15) is 39.5 Å². The van der Waals surface area contributed by atoms with Crippen LogP contribution in [0.3, 0.4) is 0 Å². The highest BCUT2D eigenvalue weighted by Crippen LogP contribution is 2.09. The monoisotopic (exact) mass is 241 g/mol. The maximum Gasteiger partial charge on any atom is 0.236 e. The number of carbonyl (C=O) groups excluding carboxylic acids is 1. The average Bonchev–Trinajstić information content (AvgIpc) is 2.30. The third kappa shape index (κ3) is 5.04. The summed E-state index contributed by atoms with van der Waals surface area (Å²) in [5.41, 5.74) is 5.85. The zero-order chi connectivity index (χ0) is 12.7. The van der Waals surface area contributed by atoms with Crippen molar-refractivity contribution >= 4 is 5.91 Å². The number of rotatable bonds is 6. The SMILES string of the molecule is CCCN(CCC)CC(=O)N1CCC(N)CC1. The van der Waals surface area contributed by atoms with Gasteiger partial charge in [0.2, 0.25) is 5.91 Å². The molecule has 1 heterocycles. The molecule has 1 amide bonds. The molecule has 4 nitrogen and oxygen atoms in total. The van der Waals surface area contributed by atoms with Gasteiger partial charge < -0.3 is 10.6 Å². The number of hydrogen-bond donors (Lipinski definition) is 1. The van der Waals surface area contributed by atoms with Gasteiger partial charge in [-0.15, -0.1) is 0 Å². The van der Waals surface area contributed by atoms with Gasteiger partial charge in [0.25, 0.3) is 0 Å². The fourth-order valence-corrected chi connectivity index (χ4v) is 2.34. The summed E-state index contributed by atoms with van der Waals surface area (Å²) in [6.07, 6.45) is 4.12. The largest absolute Gasteiger partial charge is 0.341 e. The summed E-state index contributed by atoms with van der Waals surface area (Å²) in [4.78, 5) is 16.3. The van der Waals surface area contributed by atoms with Crippen molar-refractivity contribution in [2.24, 2.45) is 5.73 Å². The smallest absolute Gasteiger partial charge is 0.236 e. The van der Waals surface area contributed by atoms with E-state index in [1.54, 1.807) is 0 Å². The maximum atomic E-state index is 12.1. The average molecular weight is 241 g/mol. The second kappa shape index (κ2) is 7.67. The van der Waals surface area contributed by atoms with Crippen molar-refractivity contribution in [1.82, 2.24) is 9.80 Å². The number of likely N-dealkylation sites (tertiary alicyclic amines) is 1. The van der Waals surface area contributed by atoms with E-state index in [9.17, 15) is 4.79 Å². The number of nitrogens with zero attached hydrogens (tertiary/aromatic N) is 2. The van der Waals surface area contributed by atoms with Crippen LogP contribution in [0.15, 0.2) is 0 Å². The molecule has 0 radical (unpaired) electrons. The Bertz CT molecular complexity index is 219. The highest BCUT2D eigenvalue weighted by Gasteiger charge is 2.21. The van der Waals surface area contributed by atoms with Gasteiger partial charge in [0.15, 0.2) is 0 Å². The Morgan fingerprint density at radius 3 is 2.24 bits per heavy atom. The Kier molecular flexibility index (Phi) is 6.52. The summed E-state index contributed by atoms with van der Waals surface area (Å²) in [5.74, 6) is 0.277. The van der Waals surface area contributed by atoms with Crippen LogP contribution >= 0.6 is 0 Å². The lowest BCUT2D eigenvalue weighted by Crippen LogP contribution is -2.47. The number of carbonyl (C=O) groups is 1. The molecule has 0 aromatic rings. The molecule has 0 aliphatic carbocycles. The van der Waals surface area contributed by atoms with E-state index in [1.165, 1.54) is 0 Å². The molecule has 4 heteroatoms. The Balaban J connectivity index is 2.35. The minimum Gasteiger partial charge on any atom is -0.341 e. The first-order valence-corrected chi connectivity index (χ1v) is 6.93. The van der Waals surface area contributed by atoms with Gasteiger partial charge in [0.05, 0.1) is 6.54 Å². The molecular formula is C13H27N3O. The van der Waals surface area contributed by atoms with Gasteiger partial charge in [0.1, 0.15) is 0 Å². The third-order valence-electron chi connectivity index (χ3n) is 3.33. The van der Waals surface area contributed by atoms with Gasteiger partial charge in [-0.2, -0.15) is 0 Å². The van der Waals surface area contributed by atoms with Gasteiger partial charge in [0, 0.05) is 19.1 Å². The predicted molar refractivity (Wildman–Crippen MR) is 70.8 cm³/mol. The molecule has 0 aromatic carbocycles. The predicted octanol–water partition coefficient (Wildman–Crippen LogP) is 1.06. The number of piperidine rings is 1. The first-order valence-electron chi connectivity index (χ1n) is 6.93. The van der Waals surface area contributed by atoms with E-state index in [1.807, 2.05) is 4.90 Å². The van der Waals surface area contributed by atoms with Crippen molar-refractivity contribution in [3.63, 3.8) is 0 Å². The summed E-state index contributed by atoms with van der Waals surface area (Å²) in [7, 11) is 0. The zero-order valence-electron chi connectivity index (χ0n) is 11.3. The number of hydrogen-bond acceptors (Lipinski definition) is 3. The number of nitrogens with two attached hydrogens (primary N) is 1. The van der Waals surface area contributed by atoms with Crippen LogP contribution in [0.2, 0.25) is 0 Å². The van der Waals surface area contributed by atoms with Crippen LogP contribution in [0, 0.1) is 0 Å². The third-order valence-corrected chi connectivity index (χ3v) is 3.33. The molecule has 1 fully saturated rings. The fourth-order valence-electron chi connectivity index (χ4n) is 2.34. The van der Waals surface area contributed by atoms with Crippen molar-refractivity contribution in [2.75, 3.05) is 32.7 Å². The lowest BCUT2D eigenvalue weighted by atomic mass is 10.1. The van der Waals surface area contributed by atoms with Crippen molar-refractivity contribution in [3.8, 4) is 0 Å². The van der Waals surface area contributed by atoms with Gasteiger partial charge >= 0.3 is 0 Å². The van der Waals surface area contributed by atoms with Crippen LogP contribution in [-0.4, -0.2) is 54.5 Å². The molecule has 1 saturated heterocycles. The summed E-state index contributed by atoms with van der Waals surface area (Å²) in [6, 6.07) is 0.293. The Hall–Kier alpha value is -0.610. The van der Waals surface area contributed by atoms with Crippen LogP contribution in [-0.2, 0) is 4.79 Å². The van der Waals surface area contributed by atoms with E-state index in [0.717, 1.165) is 51.9 Å². The topological polar surface area (TPSA) is 49.6 Å². The van der Waals surface area contributed by atoms with E-state index in [-0.39, 0.29) is 5.91 Å². The summed E-state index contributed by atoms with van der Waals surface area (Å²) in [5, 5.41) is 0. The second-order valence-corrected chi connectivity index (χ2v) is 4.99. The van der Waals surface area contributed by atoms with Crippen molar-refractivity contribution in [2.45, 2.75) is 45.6 Å². The van der Waals surface area contributed by atoms with Gasteiger partial charge in [-0.3, -0.25) is 9.69 Å². The highest BCUT2D eigenvalue weighted by molar-refractivity contribution is 5.78. The van der Waals surface area contributed by atoms with Crippen LogP contribution in [0.4, 0.5) is 0 Å². The number of amides is 1. The van der Waals surface area contributed by atoms with Crippen LogP contribution in [0.5, 0.6) is 0 Å². The minimum absolute atomic E-state index is 0.277. The molecule has 0 bridgehead atoms. The van der Waals surface area contributed by atoms with E-state index in [2.05, 4.69) is 18.7 Å². The van der Waals surface area contributed by atoms with Crippen LogP contribution < -0.4 is 5.73 Å². The van der Waals surface area contributed by atoms with E-state index in [4.69, 9.17) is 5.73 Å². The van der Waals surface area contributed by atoms with Gasteiger partial charge in [-0.05, 0) is 38.8 Å². The lowest BCUT2D eigenvalue weighted by Gasteiger charge is -2.32. The zero-order valence-corrected chi connectivity index (χ0v) is 11.3. The minimum atomic E-state index is 0.277. The molecule has 0 aromatic heterocycles. The molecular weight excluding hydrogens is 214 g/mol. The summed E-state index contributed by atoms with van der Waals surface area (Å²) < 4.78 is 0. The normalized spacial score (nSPS) is 17.8. The Morgan fingerprint density at radius 1 is 1.24 bits per heavy atom. The molecule has 17 heavy (non-hydrogen) atoms. The quantitative estimate of drug-likeness (QED) is 0.756. The molecule has 1 aliphatic rings. The van der Waals surface area contributed by atoms with Crippen molar-refractivity contribution < 1.29 is 4.79 Å². The highest BCUT2D eigenvalue weighted by atomic mass is 16.2. The first-order chi connectivity index (χ1) is 8.17. The van der Waals surface area contributed by atoms with Crippen LogP contribution in [0.25, 0.3) is 0 Å². The standard InChI is InChI=1S/C13H27N3O/c1-3-7-15(8-4-2)11-13(17)16-9-5-12(14)6-10-16/h12H,3-11,14H2,1-2H3. The second-order valence-electron chi connectivity index (χ2n) is 4.99. The molecule has 100 valence electrons. The molecule has 2 N–H and O–H groups in total. The van der Waals surface area contributed by atoms with Crippen molar-refractivity contribution in [3.05, 3.63) is 0 Å². The van der Waals surface area contributed by atoms with Crippen molar-refractivity contribution in [1.29, 1.82) is 0 Å².